The van der Waals surface area contributed by atoms with Gasteiger partial charge in [-0.15, -0.1) is 0 Å². The summed E-state index contributed by atoms with van der Waals surface area (Å²) in [5.74, 6) is 0.559. The summed E-state index contributed by atoms with van der Waals surface area (Å²) < 4.78 is 18.2. The largest absolute Gasteiger partial charge is 0.496 e. The minimum atomic E-state index is -0.227. The average molecular weight is 344 g/mol. The van der Waals surface area contributed by atoms with Crippen LogP contribution in [0.4, 0.5) is 4.39 Å². The molecule has 4 heteroatoms. The van der Waals surface area contributed by atoms with Crippen molar-refractivity contribution in [1.82, 2.24) is 0 Å². The molecule has 0 saturated heterocycles. The van der Waals surface area contributed by atoms with Gasteiger partial charge in [-0.1, -0.05) is 39.7 Å². The molecule has 0 radical (unpaired) electrons. The van der Waals surface area contributed by atoms with Crippen molar-refractivity contribution < 1.29 is 9.13 Å². The molecular formula is C15H13BrClFO. The average Bonchev–Trinajstić information content (AvgIpc) is 2.41. The van der Waals surface area contributed by atoms with Crippen molar-refractivity contribution in [3.63, 3.8) is 0 Å². The molecule has 1 atom stereocenters. The van der Waals surface area contributed by atoms with Crippen LogP contribution < -0.4 is 4.74 Å². The lowest BCUT2D eigenvalue weighted by atomic mass is 10.0. The maximum atomic E-state index is 12.9. The van der Waals surface area contributed by atoms with E-state index in [1.807, 2.05) is 12.1 Å². The molecule has 1 nitrogen and oxygen atoms in total. The van der Waals surface area contributed by atoms with Gasteiger partial charge in [0, 0.05) is 15.4 Å². The third kappa shape index (κ3) is 3.71. The predicted molar refractivity (Wildman–Crippen MR) is 79.8 cm³/mol. The first-order valence-corrected chi connectivity index (χ1v) is 7.11. The van der Waals surface area contributed by atoms with Crippen LogP contribution in [0.1, 0.15) is 16.0 Å². The fraction of sp³-hybridized carbons (Fsp3) is 0.200. The van der Waals surface area contributed by atoms with Crippen LogP contribution in [-0.4, -0.2) is 7.11 Å². The number of benzene rings is 2. The van der Waals surface area contributed by atoms with Gasteiger partial charge in [-0.05, 0) is 42.3 Å². The molecule has 2 rings (SSSR count). The van der Waals surface area contributed by atoms with Gasteiger partial charge in [0.15, 0.2) is 0 Å². The van der Waals surface area contributed by atoms with Crippen LogP contribution in [0.2, 0.25) is 5.02 Å². The quantitative estimate of drug-likeness (QED) is 0.696. The Kier molecular flexibility index (Phi) is 4.83. The zero-order valence-corrected chi connectivity index (χ0v) is 12.7. The number of hydrogen-bond acceptors (Lipinski definition) is 1. The predicted octanol–water partition coefficient (Wildman–Crippen LogP) is 5.17. The van der Waals surface area contributed by atoms with Gasteiger partial charge in [-0.25, -0.2) is 4.39 Å². The van der Waals surface area contributed by atoms with Gasteiger partial charge in [0.1, 0.15) is 11.6 Å². The Labute approximate surface area is 125 Å². The molecule has 2 aromatic carbocycles. The number of methoxy groups -OCH3 is 1. The van der Waals surface area contributed by atoms with E-state index in [-0.39, 0.29) is 10.6 Å². The van der Waals surface area contributed by atoms with Crippen molar-refractivity contribution in [2.24, 2.45) is 0 Å². The van der Waals surface area contributed by atoms with Crippen molar-refractivity contribution in [3.05, 3.63) is 64.4 Å². The molecule has 0 aromatic heterocycles. The van der Waals surface area contributed by atoms with Crippen LogP contribution in [0, 0.1) is 5.82 Å². The molecule has 0 aliphatic rings. The first-order chi connectivity index (χ1) is 9.10. The molecule has 0 aliphatic carbocycles. The monoisotopic (exact) mass is 342 g/mol. The van der Waals surface area contributed by atoms with Crippen LogP contribution in [0.15, 0.2) is 42.5 Å². The molecule has 100 valence electrons. The lowest BCUT2D eigenvalue weighted by Crippen LogP contribution is -1.99. The third-order valence-electron chi connectivity index (χ3n) is 2.86. The second kappa shape index (κ2) is 6.40. The number of rotatable bonds is 4. The molecule has 2 aromatic rings. The molecule has 0 N–H and O–H groups in total. The Morgan fingerprint density at radius 3 is 2.53 bits per heavy atom. The van der Waals surface area contributed by atoms with Gasteiger partial charge in [0.2, 0.25) is 0 Å². The number of hydrogen-bond donors (Lipinski definition) is 0. The number of halogens is 3. The summed E-state index contributed by atoms with van der Waals surface area (Å²) >= 11 is 9.65. The fourth-order valence-corrected chi connectivity index (χ4v) is 2.80. The van der Waals surface area contributed by atoms with Crippen molar-refractivity contribution in [2.75, 3.05) is 7.11 Å². The normalized spacial score (nSPS) is 12.2. The standard InChI is InChI=1S/C15H13BrClFO/c1-19-15-7-4-11(17)9-13(15)14(16)8-10-2-5-12(18)6-3-10/h2-7,9,14H,8H2,1H3. The zero-order valence-electron chi connectivity index (χ0n) is 10.4. The molecule has 0 bridgehead atoms. The van der Waals surface area contributed by atoms with Crippen LogP contribution in [-0.2, 0) is 6.42 Å². The van der Waals surface area contributed by atoms with Crippen molar-refractivity contribution >= 4 is 27.5 Å². The van der Waals surface area contributed by atoms with E-state index in [1.165, 1.54) is 12.1 Å². The molecule has 0 aliphatic heterocycles. The van der Waals surface area contributed by atoms with E-state index < -0.39 is 0 Å². The minimum absolute atomic E-state index is 0.0617. The summed E-state index contributed by atoms with van der Waals surface area (Å²) in [6, 6.07) is 12.0. The van der Waals surface area contributed by atoms with Gasteiger partial charge in [0.25, 0.3) is 0 Å². The lowest BCUT2D eigenvalue weighted by molar-refractivity contribution is 0.409. The first kappa shape index (κ1) is 14.4. The number of ether oxygens (including phenoxy) is 1. The van der Waals surface area contributed by atoms with Gasteiger partial charge in [-0.3, -0.25) is 0 Å². The Balaban J connectivity index is 2.21. The molecular weight excluding hydrogens is 331 g/mol. The Morgan fingerprint density at radius 2 is 1.89 bits per heavy atom. The highest BCUT2D eigenvalue weighted by molar-refractivity contribution is 9.09. The molecule has 19 heavy (non-hydrogen) atoms. The lowest BCUT2D eigenvalue weighted by Gasteiger charge is -2.15. The highest BCUT2D eigenvalue weighted by Crippen LogP contribution is 2.35. The maximum absolute atomic E-state index is 12.9. The smallest absolute Gasteiger partial charge is 0.123 e. The van der Waals surface area contributed by atoms with Gasteiger partial charge in [-0.2, -0.15) is 0 Å². The Morgan fingerprint density at radius 1 is 1.21 bits per heavy atom. The molecule has 0 amide bonds. The molecule has 0 saturated carbocycles. The van der Waals surface area contributed by atoms with Crippen LogP contribution in [0.25, 0.3) is 0 Å². The van der Waals surface area contributed by atoms with Gasteiger partial charge in [0.05, 0.1) is 7.11 Å². The highest BCUT2D eigenvalue weighted by Gasteiger charge is 2.14. The van der Waals surface area contributed by atoms with E-state index in [0.717, 1.165) is 23.3 Å². The molecule has 0 heterocycles. The first-order valence-electron chi connectivity index (χ1n) is 5.82. The molecule has 0 spiro atoms. The summed E-state index contributed by atoms with van der Waals surface area (Å²) in [6.45, 7) is 0. The summed E-state index contributed by atoms with van der Waals surface area (Å²) in [6.07, 6.45) is 0.733. The van der Waals surface area contributed by atoms with Crippen molar-refractivity contribution in [2.45, 2.75) is 11.2 Å². The van der Waals surface area contributed by atoms with Crippen LogP contribution >= 0.6 is 27.5 Å². The summed E-state index contributed by atoms with van der Waals surface area (Å²) in [4.78, 5) is 0.0617. The zero-order chi connectivity index (χ0) is 13.8. The van der Waals surface area contributed by atoms with Crippen molar-refractivity contribution in [3.8, 4) is 5.75 Å². The number of alkyl halides is 1. The topological polar surface area (TPSA) is 9.23 Å². The SMILES string of the molecule is COc1ccc(Cl)cc1C(Br)Cc1ccc(F)cc1. The fourth-order valence-electron chi connectivity index (χ4n) is 1.89. The second-order valence-corrected chi connectivity index (χ2v) is 5.73. The van der Waals surface area contributed by atoms with E-state index in [9.17, 15) is 4.39 Å². The van der Waals surface area contributed by atoms with E-state index in [0.29, 0.717) is 5.02 Å². The summed E-state index contributed by atoms with van der Waals surface area (Å²) in [5.41, 5.74) is 2.03. The van der Waals surface area contributed by atoms with E-state index in [1.54, 1.807) is 25.3 Å². The maximum Gasteiger partial charge on any atom is 0.123 e. The summed E-state index contributed by atoms with van der Waals surface area (Å²) in [7, 11) is 1.63. The summed E-state index contributed by atoms with van der Waals surface area (Å²) in [5, 5.41) is 0.666. The van der Waals surface area contributed by atoms with Gasteiger partial charge < -0.3 is 4.74 Å². The molecule has 0 fully saturated rings. The third-order valence-corrected chi connectivity index (χ3v) is 3.91. The molecule has 1 unspecified atom stereocenters. The van der Waals surface area contributed by atoms with E-state index in [2.05, 4.69) is 15.9 Å². The Hall–Kier alpha value is -1.06. The second-order valence-electron chi connectivity index (χ2n) is 4.18. The Bertz CT molecular complexity index is 557. The highest BCUT2D eigenvalue weighted by atomic mass is 79.9. The van der Waals surface area contributed by atoms with Crippen molar-refractivity contribution in [1.29, 1.82) is 0 Å². The van der Waals surface area contributed by atoms with Crippen LogP contribution in [0.5, 0.6) is 5.75 Å². The van der Waals surface area contributed by atoms with E-state index >= 15 is 0 Å². The van der Waals surface area contributed by atoms with Gasteiger partial charge >= 0.3 is 0 Å². The van der Waals surface area contributed by atoms with Crippen LogP contribution in [0.3, 0.4) is 0 Å². The van der Waals surface area contributed by atoms with E-state index in [4.69, 9.17) is 16.3 Å². The minimum Gasteiger partial charge on any atom is -0.496 e.